The Balaban J connectivity index is 1.79. The van der Waals surface area contributed by atoms with E-state index in [0.29, 0.717) is 18.7 Å². The fourth-order valence-corrected chi connectivity index (χ4v) is 3.12. The lowest BCUT2D eigenvalue weighted by molar-refractivity contribution is 0.0842. The summed E-state index contributed by atoms with van der Waals surface area (Å²) in [7, 11) is -3.15. The zero-order valence-corrected chi connectivity index (χ0v) is 13.4. The molecule has 0 radical (unpaired) electrons. The Hall–Kier alpha value is -1.31. The van der Waals surface area contributed by atoms with Crippen LogP contribution in [-0.2, 0) is 10.0 Å². The fourth-order valence-electron chi connectivity index (χ4n) is 2.66. The number of halogens is 1. The number of hydrogen-bond acceptors (Lipinski definition) is 4. The van der Waals surface area contributed by atoms with E-state index in [1.165, 1.54) is 24.3 Å². The second kappa shape index (κ2) is 7.30. The van der Waals surface area contributed by atoms with E-state index in [1.807, 2.05) is 0 Å². The highest BCUT2D eigenvalue weighted by Crippen LogP contribution is 2.21. The van der Waals surface area contributed by atoms with E-state index in [4.69, 9.17) is 0 Å². The average molecular weight is 328 g/mol. The van der Waals surface area contributed by atoms with Gasteiger partial charge in [-0.3, -0.25) is 4.79 Å². The van der Waals surface area contributed by atoms with Crippen molar-refractivity contribution in [2.45, 2.75) is 12.8 Å². The normalized spacial score (nSPS) is 17.5. The summed E-state index contributed by atoms with van der Waals surface area (Å²) >= 11 is 0. The van der Waals surface area contributed by atoms with Gasteiger partial charge in [-0.05, 0) is 50.2 Å². The van der Waals surface area contributed by atoms with Gasteiger partial charge in [-0.25, -0.2) is 17.5 Å². The molecule has 1 aromatic carbocycles. The van der Waals surface area contributed by atoms with Crippen molar-refractivity contribution < 1.29 is 17.6 Å². The van der Waals surface area contributed by atoms with Gasteiger partial charge in [0.2, 0.25) is 10.0 Å². The number of Topliss-reactive ketones (excluding diaryl/α,β-unsaturated/α-hetero) is 1. The van der Waals surface area contributed by atoms with Crippen molar-refractivity contribution in [3.8, 4) is 0 Å². The predicted octanol–water partition coefficient (Wildman–Crippen LogP) is 1.27. The Labute approximate surface area is 130 Å². The first-order chi connectivity index (χ1) is 10.3. The fraction of sp³-hybridized carbons (Fsp3) is 0.533. The van der Waals surface area contributed by atoms with Crippen molar-refractivity contribution >= 4 is 15.8 Å². The summed E-state index contributed by atoms with van der Waals surface area (Å²) in [5, 5.41) is 0. The molecule has 1 N–H and O–H groups in total. The van der Waals surface area contributed by atoms with E-state index in [-0.39, 0.29) is 17.5 Å². The van der Waals surface area contributed by atoms with Gasteiger partial charge in [-0.15, -0.1) is 0 Å². The minimum absolute atomic E-state index is 0.0374. The third kappa shape index (κ3) is 5.15. The number of sulfonamides is 1. The molecule has 0 spiro atoms. The zero-order valence-electron chi connectivity index (χ0n) is 12.6. The van der Waals surface area contributed by atoms with Gasteiger partial charge >= 0.3 is 0 Å². The molecule has 0 saturated carbocycles. The third-order valence-electron chi connectivity index (χ3n) is 3.88. The first kappa shape index (κ1) is 17.1. The van der Waals surface area contributed by atoms with Crippen LogP contribution in [0.25, 0.3) is 0 Å². The van der Waals surface area contributed by atoms with Crippen LogP contribution in [0.1, 0.15) is 23.2 Å². The number of nitrogens with zero attached hydrogens (tertiary/aromatic N) is 1. The number of nitrogens with one attached hydrogen (secondary N) is 1. The van der Waals surface area contributed by atoms with Crippen LogP contribution >= 0.6 is 0 Å². The molecule has 0 aromatic heterocycles. The smallest absolute Gasteiger partial charge is 0.208 e. The maximum Gasteiger partial charge on any atom is 0.208 e. The third-order valence-corrected chi connectivity index (χ3v) is 4.61. The maximum atomic E-state index is 12.9. The Morgan fingerprint density at radius 1 is 1.27 bits per heavy atom. The van der Waals surface area contributed by atoms with E-state index >= 15 is 0 Å². The Morgan fingerprint density at radius 2 is 1.86 bits per heavy atom. The molecule has 5 nitrogen and oxygen atoms in total. The van der Waals surface area contributed by atoms with Crippen LogP contribution in [0.3, 0.4) is 0 Å². The largest absolute Gasteiger partial charge is 0.302 e. The molecule has 1 heterocycles. The molecular weight excluding hydrogens is 307 g/mol. The van der Waals surface area contributed by atoms with Crippen LogP contribution in [0, 0.1) is 11.7 Å². The number of hydrogen-bond donors (Lipinski definition) is 1. The molecule has 1 saturated heterocycles. The molecular formula is C15H21FN2O3S. The van der Waals surface area contributed by atoms with Crippen molar-refractivity contribution in [3.05, 3.63) is 35.6 Å². The SMILES string of the molecule is CS(=O)(=O)NCCN1CCC(C(=O)c2ccc(F)cc2)CC1. The van der Waals surface area contributed by atoms with Crippen molar-refractivity contribution in [1.82, 2.24) is 9.62 Å². The van der Waals surface area contributed by atoms with Crippen molar-refractivity contribution in [2.24, 2.45) is 5.92 Å². The van der Waals surface area contributed by atoms with Gasteiger partial charge in [-0.2, -0.15) is 0 Å². The lowest BCUT2D eigenvalue weighted by Gasteiger charge is -2.31. The number of rotatable bonds is 6. The van der Waals surface area contributed by atoms with Crippen molar-refractivity contribution in [2.75, 3.05) is 32.4 Å². The molecule has 7 heteroatoms. The lowest BCUT2D eigenvalue weighted by atomic mass is 9.89. The highest BCUT2D eigenvalue weighted by Gasteiger charge is 2.25. The van der Waals surface area contributed by atoms with Gasteiger partial charge in [0, 0.05) is 24.6 Å². The van der Waals surface area contributed by atoms with Crippen LogP contribution in [-0.4, -0.2) is 51.5 Å². The summed E-state index contributed by atoms with van der Waals surface area (Å²) in [6.07, 6.45) is 2.63. The molecule has 122 valence electrons. The maximum absolute atomic E-state index is 12.9. The minimum atomic E-state index is -3.15. The van der Waals surface area contributed by atoms with Crippen molar-refractivity contribution in [3.63, 3.8) is 0 Å². The Morgan fingerprint density at radius 3 is 2.41 bits per heavy atom. The van der Waals surface area contributed by atoms with Gasteiger partial charge in [0.1, 0.15) is 5.82 Å². The van der Waals surface area contributed by atoms with Gasteiger partial charge in [0.15, 0.2) is 5.78 Å². The summed E-state index contributed by atoms with van der Waals surface area (Å²) in [6, 6.07) is 5.67. The number of piperidine rings is 1. The van der Waals surface area contributed by atoms with Crippen molar-refractivity contribution in [1.29, 1.82) is 0 Å². The van der Waals surface area contributed by atoms with Crippen LogP contribution < -0.4 is 4.72 Å². The summed E-state index contributed by atoms with van der Waals surface area (Å²) in [6.45, 7) is 2.56. The highest BCUT2D eigenvalue weighted by atomic mass is 32.2. The molecule has 0 aliphatic carbocycles. The van der Waals surface area contributed by atoms with Crippen LogP contribution in [0.4, 0.5) is 4.39 Å². The van der Waals surface area contributed by atoms with E-state index in [9.17, 15) is 17.6 Å². The van der Waals surface area contributed by atoms with Gasteiger partial charge in [-0.1, -0.05) is 0 Å². The summed E-state index contributed by atoms with van der Waals surface area (Å²) in [5.74, 6) is -0.316. The molecule has 1 aliphatic rings. The second-order valence-electron chi connectivity index (χ2n) is 5.65. The summed E-state index contributed by atoms with van der Waals surface area (Å²) < 4.78 is 37.3. The summed E-state index contributed by atoms with van der Waals surface area (Å²) in [5.41, 5.74) is 0.554. The molecule has 0 atom stereocenters. The number of likely N-dealkylation sites (tertiary alicyclic amines) is 1. The van der Waals surface area contributed by atoms with E-state index in [0.717, 1.165) is 32.2 Å². The molecule has 2 rings (SSSR count). The number of carbonyl (C=O) groups is 1. The standard InChI is InChI=1S/C15H21FN2O3S/c1-22(20,21)17-8-11-18-9-6-13(7-10-18)15(19)12-2-4-14(16)5-3-12/h2-5,13,17H,6-11H2,1H3. The quantitative estimate of drug-likeness (QED) is 0.799. The Kier molecular flexibility index (Phi) is 5.66. The Bertz CT molecular complexity index is 608. The number of benzene rings is 1. The minimum Gasteiger partial charge on any atom is -0.302 e. The first-order valence-corrected chi connectivity index (χ1v) is 9.21. The average Bonchev–Trinajstić information content (AvgIpc) is 2.47. The topological polar surface area (TPSA) is 66.5 Å². The van der Waals surface area contributed by atoms with Crippen LogP contribution in [0.5, 0.6) is 0 Å². The van der Waals surface area contributed by atoms with Gasteiger partial charge < -0.3 is 4.90 Å². The predicted molar refractivity (Wildman–Crippen MR) is 82.7 cm³/mol. The molecule has 0 amide bonds. The number of ketones is 1. The van der Waals surface area contributed by atoms with Gasteiger partial charge in [0.25, 0.3) is 0 Å². The number of carbonyl (C=O) groups excluding carboxylic acids is 1. The first-order valence-electron chi connectivity index (χ1n) is 7.32. The molecule has 0 unspecified atom stereocenters. The van der Waals surface area contributed by atoms with Crippen LogP contribution in [0.2, 0.25) is 0 Å². The van der Waals surface area contributed by atoms with E-state index < -0.39 is 10.0 Å². The summed E-state index contributed by atoms with van der Waals surface area (Å²) in [4.78, 5) is 14.5. The van der Waals surface area contributed by atoms with Crippen LogP contribution in [0.15, 0.2) is 24.3 Å². The molecule has 1 aliphatic heterocycles. The second-order valence-corrected chi connectivity index (χ2v) is 7.49. The van der Waals surface area contributed by atoms with E-state index in [1.54, 1.807) is 0 Å². The van der Waals surface area contributed by atoms with Gasteiger partial charge in [0.05, 0.1) is 6.26 Å². The molecule has 1 aromatic rings. The lowest BCUT2D eigenvalue weighted by Crippen LogP contribution is -2.40. The molecule has 22 heavy (non-hydrogen) atoms. The zero-order chi connectivity index (χ0) is 16.2. The molecule has 0 bridgehead atoms. The highest BCUT2D eigenvalue weighted by molar-refractivity contribution is 7.88. The monoisotopic (exact) mass is 328 g/mol. The molecule has 1 fully saturated rings. The van der Waals surface area contributed by atoms with E-state index in [2.05, 4.69) is 9.62 Å².